The van der Waals surface area contributed by atoms with Gasteiger partial charge in [0, 0.05) is 19.3 Å². The maximum absolute atomic E-state index is 13.5. The van der Waals surface area contributed by atoms with Gasteiger partial charge in [0.1, 0.15) is 17.1 Å². The molecule has 0 saturated carbocycles. The highest BCUT2D eigenvalue weighted by molar-refractivity contribution is 6.36. The van der Waals surface area contributed by atoms with E-state index in [9.17, 15) is 23.2 Å². The van der Waals surface area contributed by atoms with E-state index in [1.165, 1.54) is 11.9 Å². The van der Waals surface area contributed by atoms with Gasteiger partial charge in [-0.1, -0.05) is 11.6 Å². The maximum atomic E-state index is 13.5. The number of aromatic amines is 1. The third-order valence-corrected chi connectivity index (χ3v) is 4.78. The smallest absolute Gasteiger partial charge is 0.365 e. The Bertz CT molecular complexity index is 950. The van der Waals surface area contributed by atoms with Gasteiger partial charge < -0.3 is 19.9 Å². The number of pyridine rings is 1. The van der Waals surface area contributed by atoms with Gasteiger partial charge in [0.2, 0.25) is 0 Å². The first-order valence-corrected chi connectivity index (χ1v) is 8.34. The first-order chi connectivity index (χ1) is 12.7. The van der Waals surface area contributed by atoms with E-state index in [0.717, 1.165) is 0 Å². The number of carbonyl (C=O) groups is 1. The molecule has 0 bridgehead atoms. The van der Waals surface area contributed by atoms with Crippen molar-refractivity contribution in [1.29, 1.82) is 5.26 Å². The molecule has 3 rings (SSSR count). The van der Waals surface area contributed by atoms with Crippen molar-refractivity contribution in [2.45, 2.75) is 19.2 Å². The molecular formula is C16H15ClF3N5O2. The number of amides is 1. The molecule has 1 aliphatic rings. The molecule has 0 aliphatic carbocycles. The minimum atomic E-state index is -4.84. The number of fused-ring (bicyclic) bond motifs is 1. The van der Waals surface area contributed by atoms with Crippen LogP contribution in [0.1, 0.15) is 17.0 Å². The molecule has 3 heterocycles. The van der Waals surface area contributed by atoms with E-state index in [1.807, 2.05) is 0 Å². The number of alkyl halides is 3. The summed E-state index contributed by atoms with van der Waals surface area (Å²) in [6.07, 6.45) is -5.71. The normalized spacial score (nSPS) is 17.8. The van der Waals surface area contributed by atoms with Crippen LogP contribution in [0.5, 0.6) is 0 Å². The van der Waals surface area contributed by atoms with Crippen molar-refractivity contribution in [3.05, 3.63) is 22.0 Å². The highest BCUT2D eigenvalue weighted by Crippen LogP contribution is 2.41. The molecule has 1 saturated heterocycles. The molecule has 0 spiro atoms. The Labute approximate surface area is 157 Å². The van der Waals surface area contributed by atoms with Gasteiger partial charge in [-0.05, 0) is 6.92 Å². The number of likely N-dealkylation sites (N-methyl/N-ethyl adjacent to an activating group) is 1. The quantitative estimate of drug-likeness (QED) is 0.805. The SMILES string of the molecule is CNC(=O)C1CN(c2c(C#N)c(C(F)(F)F)nc3c(Cl)c(C)[nH]c23)CCO1. The topological polar surface area (TPSA) is 94.0 Å². The van der Waals surface area contributed by atoms with Crippen molar-refractivity contribution < 1.29 is 22.7 Å². The lowest BCUT2D eigenvalue weighted by atomic mass is 10.1. The van der Waals surface area contributed by atoms with Crippen molar-refractivity contribution in [2.75, 3.05) is 31.6 Å². The number of morpholine rings is 1. The van der Waals surface area contributed by atoms with Gasteiger partial charge in [0.15, 0.2) is 11.8 Å². The van der Waals surface area contributed by atoms with Crippen LogP contribution in [0, 0.1) is 18.3 Å². The van der Waals surface area contributed by atoms with Gasteiger partial charge in [0.05, 0.1) is 29.4 Å². The number of hydrogen-bond acceptors (Lipinski definition) is 5. The number of aromatic nitrogens is 2. The summed E-state index contributed by atoms with van der Waals surface area (Å²) >= 11 is 6.12. The van der Waals surface area contributed by atoms with E-state index in [4.69, 9.17) is 16.3 Å². The van der Waals surface area contributed by atoms with Crippen LogP contribution in [0.15, 0.2) is 0 Å². The van der Waals surface area contributed by atoms with Gasteiger partial charge in [-0.3, -0.25) is 4.79 Å². The molecule has 1 aliphatic heterocycles. The summed E-state index contributed by atoms with van der Waals surface area (Å²) in [7, 11) is 1.44. The van der Waals surface area contributed by atoms with Crippen LogP contribution in [-0.4, -0.2) is 48.7 Å². The van der Waals surface area contributed by atoms with E-state index in [2.05, 4.69) is 15.3 Å². The first-order valence-electron chi connectivity index (χ1n) is 7.96. The van der Waals surface area contributed by atoms with Crippen LogP contribution in [0.3, 0.4) is 0 Å². The fraction of sp³-hybridized carbons (Fsp3) is 0.438. The van der Waals surface area contributed by atoms with Crippen molar-refractivity contribution in [2.24, 2.45) is 0 Å². The molecule has 2 N–H and O–H groups in total. The van der Waals surface area contributed by atoms with Crippen molar-refractivity contribution >= 4 is 34.2 Å². The number of H-pyrrole nitrogens is 1. The molecule has 1 fully saturated rings. The number of ether oxygens (including phenoxy) is 1. The summed E-state index contributed by atoms with van der Waals surface area (Å²) in [6, 6.07) is 1.62. The van der Waals surface area contributed by atoms with Crippen LogP contribution in [0.4, 0.5) is 18.9 Å². The Morgan fingerprint density at radius 2 is 2.22 bits per heavy atom. The third-order valence-electron chi connectivity index (χ3n) is 4.32. The molecule has 0 aromatic carbocycles. The number of rotatable bonds is 2. The van der Waals surface area contributed by atoms with Crippen LogP contribution in [-0.2, 0) is 15.7 Å². The predicted octanol–water partition coefficient (Wildman–Crippen LogP) is 2.37. The lowest BCUT2D eigenvalue weighted by Crippen LogP contribution is -2.49. The monoisotopic (exact) mass is 401 g/mol. The van der Waals surface area contributed by atoms with Crippen LogP contribution in [0.2, 0.25) is 5.02 Å². The molecule has 1 amide bonds. The van der Waals surface area contributed by atoms with Crippen molar-refractivity contribution in [1.82, 2.24) is 15.3 Å². The maximum Gasteiger partial charge on any atom is 0.434 e. The first kappa shape index (κ1) is 19.3. The molecule has 11 heteroatoms. The summed E-state index contributed by atoms with van der Waals surface area (Å²) < 4.78 is 46.0. The highest BCUT2D eigenvalue weighted by Gasteiger charge is 2.40. The zero-order chi connectivity index (χ0) is 19.9. The van der Waals surface area contributed by atoms with Crippen molar-refractivity contribution in [3.8, 4) is 6.07 Å². The number of carbonyl (C=O) groups excluding carboxylic acids is 1. The Kier molecular flexibility index (Phi) is 4.92. The fourth-order valence-corrected chi connectivity index (χ4v) is 3.25. The average Bonchev–Trinajstić information content (AvgIpc) is 2.92. The standard InChI is InChI=1S/C16H15ClF3N5O2/c1-7-10(17)11-12(23-7)13(8(5-21)14(24-11)16(18,19)20)25-3-4-27-9(6-25)15(26)22-2/h9,23H,3-4,6H2,1-2H3,(H,22,26). The number of nitrogens with one attached hydrogen (secondary N) is 2. The minimum absolute atomic E-state index is 0.0134. The summed E-state index contributed by atoms with van der Waals surface area (Å²) in [4.78, 5) is 19.9. The fourth-order valence-electron chi connectivity index (χ4n) is 3.07. The Morgan fingerprint density at radius 3 is 2.81 bits per heavy atom. The number of aryl methyl sites for hydroxylation is 1. The molecular weight excluding hydrogens is 387 g/mol. The van der Waals surface area contributed by atoms with Gasteiger partial charge in [-0.25, -0.2) is 4.98 Å². The molecule has 2 aromatic rings. The van der Waals surface area contributed by atoms with Crippen LogP contribution >= 0.6 is 11.6 Å². The second-order valence-electron chi connectivity index (χ2n) is 6.00. The molecule has 0 radical (unpaired) electrons. The summed E-state index contributed by atoms with van der Waals surface area (Å²) in [5.41, 5.74) is -1.33. The van der Waals surface area contributed by atoms with Gasteiger partial charge in [-0.15, -0.1) is 0 Å². The lowest BCUT2D eigenvalue weighted by molar-refractivity contribution is -0.141. The average molecular weight is 402 g/mol. The zero-order valence-corrected chi connectivity index (χ0v) is 15.1. The third kappa shape index (κ3) is 3.28. The molecule has 144 valence electrons. The van der Waals surface area contributed by atoms with E-state index >= 15 is 0 Å². The number of nitriles is 1. The number of hydrogen-bond donors (Lipinski definition) is 2. The van der Waals surface area contributed by atoms with E-state index < -0.39 is 29.4 Å². The van der Waals surface area contributed by atoms with Gasteiger partial charge >= 0.3 is 6.18 Å². The zero-order valence-electron chi connectivity index (χ0n) is 14.4. The second-order valence-corrected chi connectivity index (χ2v) is 6.38. The van der Waals surface area contributed by atoms with E-state index in [1.54, 1.807) is 13.0 Å². The van der Waals surface area contributed by atoms with E-state index in [-0.39, 0.29) is 41.4 Å². The molecule has 7 nitrogen and oxygen atoms in total. The summed E-state index contributed by atoms with van der Waals surface area (Å²) in [6.45, 7) is 1.90. The molecule has 27 heavy (non-hydrogen) atoms. The van der Waals surface area contributed by atoms with Gasteiger partial charge in [0.25, 0.3) is 5.91 Å². The predicted molar refractivity (Wildman–Crippen MR) is 91.6 cm³/mol. The number of nitrogens with zero attached hydrogens (tertiary/aromatic N) is 3. The second kappa shape index (κ2) is 6.90. The van der Waals surface area contributed by atoms with Gasteiger partial charge in [-0.2, -0.15) is 18.4 Å². The van der Waals surface area contributed by atoms with E-state index in [0.29, 0.717) is 5.69 Å². The Hall–Kier alpha value is -2.51. The lowest BCUT2D eigenvalue weighted by Gasteiger charge is -2.34. The highest BCUT2D eigenvalue weighted by atomic mass is 35.5. The molecule has 1 unspecified atom stereocenters. The number of halogens is 4. The molecule has 1 atom stereocenters. The molecule has 2 aromatic heterocycles. The largest absolute Gasteiger partial charge is 0.434 e. The summed E-state index contributed by atoms with van der Waals surface area (Å²) in [5, 5.41) is 12.0. The van der Waals surface area contributed by atoms with Crippen LogP contribution < -0.4 is 10.2 Å². The number of anilines is 1. The Balaban J connectivity index is 2.25. The Morgan fingerprint density at radius 1 is 1.52 bits per heavy atom. The van der Waals surface area contributed by atoms with Crippen LogP contribution in [0.25, 0.3) is 11.0 Å². The summed E-state index contributed by atoms with van der Waals surface area (Å²) in [5.74, 6) is -0.403. The minimum Gasteiger partial charge on any atom is -0.365 e. The van der Waals surface area contributed by atoms with Crippen molar-refractivity contribution in [3.63, 3.8) is 0 Å².